The van der Waals surface area contributed by atoms with E-state index in [0.29, 0.717) is 35.3 Å². The highest BCUT2D eigenvalue weighted by molar-refractivity contribution is 7.93. The Bertz CT molecular complexity index is 1130. The smallest absolute Gasteiger partial charge is 0.265 e. The number of hydrogen-bond donors (Lipinski definition) is 1. The summed E-state index contributed by atoms with van der Waals surface area (Å²) in [5.74, 6) is 0.816. The second-order valence-electron chi connectivity index (χ2n) is 6.25. The van der Waals surface area contributed by atoms with Crippen molar-refractivity contribution in [2.45, 2.75) is 16.0 Å². The lowest BCUT2D eigenvalue weighted by Gasteiger charge is -2.18. The van der Waals surface area contributed by atoms with Crippen LogP contribution in [0.5, 0.6) is 11.5 Å². The topological polar surface area (TPSA) is 81.7 Å². The number of anilines is 1. The quantitative estimate of drug-likeness (QED) is 0.699. The van der Waals surface area contributed by atoms with Gasteiger partial charge in [-0.1, -0.05) is 17.7 Å². The number of amides is 1. The maximum atomic E-state index is 12.7. The van der Waals surface area contributed by atoms with Crippen LogP contribution in [-0.4, -0.2) is 27.5 Å². The summed E-state index contributed by atoms with van der Waals surface area (Å²) in [5, 5.41) is 2.76. The highest BCUT2D eigenvalue weighted by atomic mass is 32.2. The molecule has 4 rings (SSSR count). The summed E-state index contributed by atoms with van der Waals surface area (Å²) < 4.78 is 36.6. The third kappa shape index (κ3) is 3.61. The van der Waals surface area contributed by atoms with Gasteiger partial charge >= 0.3 is 0 Å². The average molecular weight is 415 g/mol. The van der Waals surface area contributed by atoms with E-state index in [-0.39, 0.29) is 15.0 Å². The second-order valence-corrected chi connectivity index (χ2v) is 9.51. The highest BCUT2D eigenvalue weighted by Crippen LogP contribution is 2.33. The van der Waals surface area contributed by atoms with Crippen LogP contribution in [0.2, 0.25) is 0 Å². The lowest BCUT2D eigenvalue weighted by molar-refractivity contribution is 0.103. The summed E-state index contributed by atoms with van der Waals surface area (Å²) in [7, 11) is -3.65. The first-order chi connectivity index (χ1) is 13.4. The van der Waals surface area contributed by atoms with Gasteiger partial charge in [-0.3, -0.25) is 4.79 Å². The van der Waals surface area contributed by atoms with E-state index in [9.17, 15) is 13.2 Å². The van der Waals surface area contributed by atoms with Crippen molar-refractivity contribution in [3.63, 3.8) is 0 Å². The number of nitrogens with one attached hydrogen (secondary N) is 1. The zero-order chi connectivity index (χ0) is 19.7. The van der Waals surface area contributed by atoms with Crippen LogP contribution in [-0.2, 0) is 9.84 Å². The number of sulfone groups is 1. The van der Waals surface area contributed by atoms with E-state index >= 15 is 0 Å². The lowest BCUT2D eigenvalue weighted by Crippen LogP contribution is -2.16. The molecule has 1 amide bonds. The van der Waals surface area contributed by atoms with E-state index in [1.54, 1.807) is 42.5 Å². The van der Waals surface area contributed by atoms with Gasteiger partial charge in [0, 0.05) is 11.8 Å². The number of rotatable bonds is 4. The van der Waals surface area contributed by atoms with Gasteiger partial charge in [-0.05, 0) is 43.3 Å². The molecule has 28 heavy (non-hydrogen) atoms. The Morgan fingerprint density at radius 2 is 1.68 bits per heavy atom. The van der Waals surface area contributed by atoms with E-state index in [1.807, 2.05) is 6.92 Å². The van der Waals surface area contributed by atoms with Gasteiger partial charge in [0.2, 0.25) is 9.84 Å². The normalized spacial score (nSPS) is 13.2. The van der Waals surface area contributed by atoms with Crippen LogP contribution in [0.25, 0.3) is 0 Å². The summed E-state index contributed by atoms with van der Waals surface area (Å²) in [6.45, 7) is 2.84. The average Bonchev–Trinajstić information content (AvgIpc) is 3.19. The molecular formula is C20H17NO5S2. The zero-order valence-electron chi connectivity index (χ0n) is 15.0. The van der Waals surface area contributed by atoms with Crippen LogP contribution >= 0.6 is 11.3 Å². The summed E-state index contributed by atoms with van der Waals surface area (Å²) in [5.41, 5.74) is 1.52. The molecule has 6 nitrogen and oxygen atoms in total. The van der Waals surface area contributed by atoms with Crippen molar-refractivity contribution in [2.75, 3.05) is 18.5 Å². The third-order valence-electron chi connectivity index (χ3n) is 4.20. The first kappa shape index (κ1) is 18.5. The lowest BCUT2D eigenvalue weighted by atomic mass is 10.2. The molecule has 0 aliphatic carbocycles. The van der Waals surface area contributed by atoms with E-state index in [1.165, 1.54) is 12.1 Å². The molecule has 0 radical (unpaired) electrons. The molecule has 0 bridgehead atoms. The predicted molar refractivity (Wildman–Crippen MR) is 106 cm³/mol. The minimum atomic E-state index is -3.65. The molecule has 0 saturated carbocycles. The van der Waals surface area contributed by atoms with Crippen LogP contribution in [0.3, 0.4) is 0 Å². The second kappa shape index (κ2) is 7.29. The summed E-state index contributed by atoms with van der Waals surface area (Å²) in [4.78, 5) is 13.0. The van der Waals surface area contributed by atoms with Crippen LogP contribution in [0.4, 0.5) is 5.69 Å². The van der Waals surface area contributed by atoms with Crippen molar-refractivity contribution < 1.29 is 22.7 Å². The van der Waals surface area contributed by atoms with Gasteiger partial charge in [-0.15, -0.1) is 11.3 Å². The van der Waals surface area contributed by atoms with Crippen molar-refractivity contribution in [1.29, 1.82) is 0 Å². The molecule has 0 atom stereocenters. The minimum absolute atomic E-state index is 0.128. The Kier molecular flexibility index (Phi) is 4.82. The van der Waals surface area contributed by atoms with Crippen molar-refractivity contribution in [1.82, 2.24) is 0 Å². The van der Waals surface area contributed by atoms with Crippen LogP contribution in [0, 0.1) is 6.92 Å². The third-order valence-corrected chi connectivity index (χ3v) is 7.55. The predicted octanol–water partition coefficient (Wildman–Crippen LogP) is 3.91. The monoisotopic (exact) mass is 415 g/mol. The van der Waals surface area contributed by atoms with Crippen LogP contribution < -0.4 is 14.8 Å². The SMILES string of the molecule is Cc1ccc(S(=O)(=O)c2ccc(C(=O)Nc3ccc4c(c3)OCCO4)s2)cc1. The van der Waals surface area contributed by atoms with Crippen molar-refractivity contribution in [3.05, 3.63) is 65.0 Å². The molecule has 3 aromatic rings. The van der Waals surface area contributed by atoms with Gasteiger partial charge in [0.05, 0.1) is 9.77 Å². The van der Waals surface area contributed by atoms with E-state index < -0.39 is 9.84 Å². The van der Waals surface area contributed by atoms with Crippen molar-refractivity contribution in [3.8, 4) is 11.5 Å². The molecule has 0 unspecified atom stereocenters. The van der Waals surface area contributed by atoms with Gasteiger partial charge in [0.1, 0.15) is 17.4 Å². The summed E-state index contributed by atoms with van der Waals surface area (Å²) >= 11 is 0.939. The van der Waals surface area contributed by atoms with Crippen molar-refractivity contribution in [2.24, 2.45) is 0 Å². The standard InChI is InChI=1S/C20H17NO5S2/c1-13-2-5-15(6-3-13)28(23,24)19-9-8-18(27-19)20(22)21-14-4-7-16-17(12-14)26-11-10-25-16/h2-9,12H,10-11H2,1H3,(H,21,22). The molecule has 144 valence electrons. The first-order valence-corrected chi connectivity index (χ1v) is 10.9. The number of thiophene rings is 1. The van der Waals surface area contributed by atoms with Gasteiger partial charge in [0.15, 0.2) is 11.5 Å². The molecule has 1 N–H and O–H groups in total. The van der Waals surface area contributed by atoms with E-state index in [4.69, 9.17) is 9.47 Å². The number of aryl methyl sites for hydroxylation is 1. The fourth-order valence-electron chi connectivity index (χ4n) is 2.73. The molecule has 2 aromatic carbocycles. The highest BCUT2D eigenvalue weighted by Gasteiger charge is 2.22. The molecule has 0 fully saturated rings. The largest absolute Gasteiger partial charge is 0.486 e. The van der Waals surface area contributed by atoms with E-state index in [0.717, 1.165) is 16.9 Å². The minimum Gasteiger partial charge on any atom is -0.486 e. The zero-order valence-corrected chi connectivity index (χ0v) is 16.6. The summed E-state index contributed by atoms with van der Waals surface area (Å²) in [6.07, 6.45) is 0. The number of hydrogen-bond acceptors (Lipinski definition) is 6. The molecule has 1 aliphatic heterocycles. The Labute approximate surface area is 166 Å². The van der Waals surface area contributed by atoms with E-state index in [2.05, 4.69) is 5.32 Å². The fourth-order valence-corrected chi connectivity index (χ4v) is 5.34. The van der Waals surface area contributed by atoms with Crippen molar-refractivity contribution >= 4 is 32.8 Å². The molecule has 0 spiro atoms. The van der Waals surface area contributed by atoms with Crippen LogP contribution in [0.1, 0.15) is 15.2 Å². The maximum absolute atomic E-state index is 12.7. The number of carbonyl (C=O) groups excluding carboxylic acids is 1. The number of ether oxygens (including phenoxy) is 2. The van der Waals surface area contributed by atoms with Gasteiger partial charge in [-0.25, -0.2) is 8.42 Å². The Balaban J connectivity index is 1.54. The van der Waals surface area contributed by atoms with Gasteiger partial charge in [-0.2, -0.15) is 0 Å². The Hall–Kier alpha value is -2.84. The molecule has 2 heterocycles. The Morgan fingerprint density at radius 1 is 0.964 bits per heavy atom. The number of fused-ring (bicyclic) bond motifs is 1. The fraction of sp³-hybridized carbons (Fsp3) is 0.150. The Morgan fingerprint density at radius 3 is 2.43 bits per heavy atom. The summed E-state index contributed by atoms with van der Waals surface area (Å²) in [6, 6.07) is 14.7. The van der Waals surface area contributed by atoms with Gasteiger partial charge < -0.3 is 14.8 Å². The maximum Gasteiger partial charge on any atom is 0.265 e. The molecule has 1 aromatic heterocycles. The molecule has 0 saturated heterocycles. The number of benzene rings is 2. The van der Waals surface area contributed by atoms with Crippen LogP contribution in [0.15, 0.2) is 63.7 Å². The molecule has 1 aliphatic rings. The molecular weight excluding hydrogens is 398 g/mol. The number of carbonyl (C=O) groups is 1. The molecule has 8 heteroatoms. The van der Waals surface area contributed by atoms with Gasteiger partial charge in [0.25, 0.3) is 5.91 Å². The first-order valence-electron chi connectivity index (χ1n) is 8.56.